The highest BCUT2D eigenvalue weighted by Crippen LogP contribution is 2.37. The van der Waals surface area contributed by atoms with Crippen LogP contribution in [0.5, 0.6) is 11.5 Å². The third kappa shape index (κ3) is 6.40. The summed E-state index contributed by atoms with van der Waals surface area (Å²) in [7, 11) is 0. The molecule has 26 heavy (non-hydrogen) atoms. The van der Waals surface area contributed by atoms with Crippen LogP contribution in [0.3, 0.4) is 0 Å². The van der Waals surface area contributed by atoms with Gasteiger partial charge < -0.3 is 9.47 Å². The second-order valence-corrected chi connectivity index (χ2v) is 6.23. The van der Waals surface area contributed by atoms with E-state index in [1.54, 1.807) is 0 Å². The minimum absolute atomic E-state index is 0. The summed E-state index contributed by atoms with van der Waals surface area (Å²) in [6.45, 7) is 15.0. The van der Waals surface area contributed by atoms with Gasteiger partial charge in [0.25, 0.3) is 0 Å². The maximum atomic E-state index is 6.07. The fourth-order valence-corrected chi connectivity index (χ4v) is 2.78. The lowest BCUT2D eigenvalue weighted by molar-refractivity contribution is 0.135. The summed E-state index contributed by atoms with van der Waals surface area (Å²) in [5, 5.41) is 0. The van der Waals surface area contributed by atoms with Crippen molar-refractivity contribution in [1.82, 2.24) is 0 Å². The zero-order valence-corrected chi connectivity index (χ0v) is 17.0. The van der Waals surface area contributed by atoms with E-state index in [9.17, 15) is 0 Å². The molecule has 1 heterocycles. The molecule has 0 radical (unpaired) electrons. The quantitative estimate of drug-likeness (QED) is 0.574. The lowest BCUT2D eigenvalue weighted by atomic mass is 10.0. The Bertz CT molecular complexity index is 627. The predicted octanol–water partition coefficient (Wildman–Crippen LogP) is 7.23. The van der Waals surface area contributed by atoms with Gasteiger partial charge >= 0.3 is 0 Å². The zero-order chi connectivity index (χ0) is 18.9. The number of rotatable bonds is 4. The molecule has 2 aromatic rings. The molecule has 1 aliphatic heterocycles. The van der Waals surface area contributed by atoms with Crippen LogP contribution >= 0.6 is 0 Å². The first-order valence-electron chi connectivity index (χ1n) is 9.59. The molecule has 2 aromatic carbocycles. The lowest BCUT2D eigenvalue weighted by Crippen LogP contribution is -2.25. The van der Waals surface area contributed by atoms with Crippen LogP contribution in [0.15, 0.2) is 42.5 Å². The highest BCUT2D eigenvalue weighted by Gasteiger charge is 2.31. The zero-order valence-electron chi connectivity index (χ0n) is 17.0. The van der Waals surface area contributed by atoms with E-state index in [0.29, 0.717) is 6.61 Å². The molecule has 0 saturated heterocycles. The molecule has 0 bridgehead atoms. The summed E-state index contributed by atoms with van der Waals surface area (Å²) in [6.07, 6.45) is 2.01. The van der Waals surface area contributed by atoms with Gasteiger partial charge in [0.1, 0.15) is 23.7 Å². The van der Waals surface area contributed by atoms with Crippen LogP contribution in [-0.4, -0.2) is 5.60 Å². The largest absolute Gasteiger partial charge is 0.489 e. The molecule has 0 aromatic heterocycles. The molecule has 2 nitrogen and oxygen atoms in total. The molecule has 0 aliphatic carbocycles. The van der Waals surface area contributed by atoms with Crippen LogP contribution in [0, 0.1) is 0 Å². The Morgan fingerprint density at radius 1 is 0.962 bits per heavy atom. The molecule has 0 unspecified atom stereocenters. The van der Waals surface area contributed by atoms with E-state index < -0.39 is 0 Å². The van der Waals surface area contributed by atoms with Crippen molar-refractivity contribution in [3.63, 3.8) is 0 Å². The fraction of sp³-hybridized carbons (Fsp3) is 0.500. The monoisotopic (exact) mass is 358 g/mol. The van der Waals surface area contributed by atoms with E-state index in [-0.39, 0.29) is 13.0 Å². The van der Waals surface area contributed by atoms with Crippen LogP contribution in [0.4, 0.5) is 0 Å². The van der Waals surface area contributed by atoms with Gasteiger partial charge in [-0.05, 0) is 43.5 Å². The summed E-state index contributed by atoms with van der Waals surface area (Å²) in [4.78, 5) is 0. The third-order valence-electron chi connectivity index (χ3n) is 3.90. The molecule has 2 heteroatoms. The van der Waals surface area contributed by atoms with E-state index in [1.165, 1.54) is 11.1 Å². The van der Waals surface area contributed by atoms with Gasteiger partial charge in [0.15, 0.2) is 0 Å². The third-order valence-corrected chi connectivity index (χ3v) is 3.90. The van der Waals surface area contributed by atoms with Gasteiger partial charge in [0.2, 0.25) is 0 Å². The molecule has 146 valence electrons. The van der Waals surface area contributed by atoms with Crippen molar-refractivity contribution >= 4 is 0 Å². The lowest BCUT2D eigenvalue weighted by Gasteiger charge is -2.18. The van der Waals surface area contributed by atoms with Crippen molar-refractivity contribution in [3.8, 4) is 11.5 Å². The highest BCUT2D eigenvalue weighted by atomic mass is 16.5. The number of hydrogen-bond donors (Lipinski definition) is 0. The molecule has 0 N–H and O–H groups in total. The molecule has 3 rings (SSSR count). The fourth-order valence-electron chi connectivity index (χ4n) is 2.78. The summed E-state index contributed by atoms with van der Waals surface area (Å²) in [6, 6.07) is 14.6. The Balaban J connectivity index is 0.00000117. The number of fused-ring (bicyclic) bond motifs is 1. The van der Waals surface area contributed by atoms with Crippen molar-refractivity contribution in [1.29, 1.82) is 0 Å². The van der Waals surface area contributed by atoms with Gasteiger partial charge in [0, 0.05) is 12.0 Å². The minimum atomic E-state index is -0.110. The van der Waals surface area contributed by atoms with Gasteiger partial charge in [-0.25, -0.2) is 0 Å². The van der Waals surface area contributed by atoms with E-state index in [2.05, 4.69) is 51.1 Å². The average molecular weight is 359 g/mol. The topological polar surface area (TPSA) is 18.5 Å². The molecular weight excluding hydrogens is 320 g/mol. The second kappa shape index (κ2) is 11.6. The first-order chi connectivity index (χ1) is 12.1. The standard InChI is InChI=1S/C19H22O2.2C2H6.CH4/c1-4-14-8-10-17(11-9-14)20-13-16-7-5-6-15-12-19(2,3)21-18(15)16;2*1-2;/h5-11H,4,12-13H2,1-3H3;2*1-2H3;1H4. The number of ether oxygens (including phenoxy) is 2. The highest BCUT2D eigenvalue weighted by molar-refractivity contribution is 5.45. The average Bonchev–Trinajstić information content (AvgIpc) is 2.98. The van der Waals surface area contributed by atoms with Gasteiger partial charge in [-0.15, -0.1) is 0 Å². The Morgan fingerprint density at radius 3 is 2.15 bits per heavy atom. The van der Waals surface area contributed by atoms with Crippen LogP contribution in [0.2, 0.25) is 0 Å². The maximum Gasteiger partial charge on any atom is 0.130 e. The van der Waals surface area contributed by atoms with Gasteiger partial charge in [-0.3, -0.25) is 0 Å². The summed E-state index contributed by atoms with van der Waals surface area (Å²) in [5.74, 6) is 1.91. The number of benzene rings is 2. The van der Waals surface area contributed by atoms with Crippen LogP contribution in [0.1, 0.15) is 72.6 Å². The second-order valence-electron chi connectivity index (χ2n) is 6.23. The van der Waals surface area contributed by atoms with Crippen LogP contribution in [-0.2, 0) is 19.4 Å². The molecule has 0 saturated carbocycles. The molecule has 0 spiro atoms. The molecule has 0 fully saturated rings. The molecule has 0 amide bonds. The SMILES string of the molecule is C.CC.CC.CCc1ccc(OCc2cccc3c2OC(C)(C)C3)cc1. The minimum Gasteiger partial charge on any atom is -0.489 e. The van der Waals surface area contributed by atoms with Crippen LogP contribution in [0.25, 0.3) is 0 Å². The Labute approximate surface area is 161 Å². The van der Waals surface area contributed by atoms with E-state index >= 15 is 0 Å². The first-order valence-corrected chi connectivity index (χ1v) is 9.59. The van der Waals surface area contributed by atoms with E-state index in [1.807, 2.05) is 39.8 Å². The molecular formula is C24H38O2. The van der Waals surface area contributed by atoms with Gasteiger partial charge in [-0.1, -0.05) is 72.4 Å². The number of hydrogen-bond acceptors (Lipinski definition) is 2. The van der Waals surface area contributed by atoms with E-state index in [4.69, 9.17) is 9.47 Å². The number of para-hydroxylation sites is 1. The van der Waals surface area contributed by atoms with Gasteiger partial charge in [-0.2, -0.15) is 0 Å². The smallest absolute Gasteiger partial charge is 0.130 e. The van der Waals surface area contributed by atoms with Crippen molar-refractivity contribution in [3.05, 3.63) is 59.2 Å². The first kappa shape index (κ1) is 24.0. The summed E-state index contributed by atoms with van der Waals surface area (Å²) < 4.78 is 12.0. The maximum absolute atomic E-state index is 6.07. The number of aryl methyl sites for hydroxylation is 1. The van der Waals surface area contributed by atoms with Crippen molar-refractivity contribution < 1.29 is 9.47 Å². The van der Waals surface area contributed by atoms with Crippen molar-refractivity contribution in [2.75, 3.05) is 0 Å². The predicted molar refractivity (Wildman–Crippen MR) is 114 cm³/mol. The van der Waals surface area contributed by atoms with Gasteiger partial charge in [0.05, 0.1) is 0 Å². The Hall–Kier alpha value is -1.96. The van der Waals surface area contributed by atoms with Crippen LogP contribution < -0.4 is 9.47 Å². The van der Waals surface area contributed by atoms with E-state index in [0.717, 1.165) is 29.9 Å². The normalized spacial score (nSPS) is 12.9. The molecule has 0 atom stereocenters. The Kier molecular flexibility index (Phi) is 10.7. The summed E-state index contributed by atoms with van der Waals surface area (Å²) >= 11 is 0. The Morgan fingerprint density at radius 2 is 1.58 bits per heavy atom. The molecule has 1 aliphatic rings. The summed E-state index contributed by atoms with van der Waals surface area (Å²) in [5.41, 5.74) is 3.62. The van der Waals surface area contributed by atoms with Crippen molar-refractivity contribution in [2.45, 2.75) is 80.9 Å². The van der Waals surface area contributed by atoms with Crippen molar-refractivity contribution in [2.24, 2.45) is 0 Å².